The van der Waals surface area contributed by atoms with Crippen LogP contribution in [0.1, 0.15) is 0 Å². The number of ether oxygens (including phenoxy) is 1. The second-order valence-electron chi connectivity index (χ2n) is 1.72. The van der Waals surface area contributed by atoms with Crippen LogP contribution in [0.5, 0.6) is 0 Å². The summed E-state index contributed by atoms with van der Waals surface area (Å²) in [5.74, 6) is 0. The van der Waals surface area contributed by atoms with Gasteiger partial charge in [-0.1, -0.05) is 0 Å². The number of aliphatic hydroxyl groups excluding tert-OH is 1. The van der Waals surface area contributed by atoms with Gasteiger partial charge >= 0.3 is 16.3 Å². The van der Waals surface area contributed by atoms with E-state index in [-0.39, 0.29) is 13.2 Å². The van der Waals surface area contributed by atoms with E-state index in [1.165, 1.54) is 4.72 Å². The van der Waals surface area contributed by atoms with Gasteiger partial charge in [0.05, 0.1) is 13.7 Å². The number of rotatable bonds is 4. The molecular weight excluding hydrogens is 188 g/mol. The number of methoxy groups -OCH3 is 1. The Bertz CT molecular complexity index is 236. The van der Waals surface area contributed by atoms with Gasteiger partial charge in [0.1, 0.15) is 0 Å². The lowest BCUT2D eigenvalue weighted by atomic mass is 10.8. The normalized spacial score (nSPS) is 10.8. The van der Waals surface area contributed by atoms with Crippen molar-refractivity contribution in [2.45, 2.75) is 0 Å². The molecule has 0 saturated heterocycles. The van der Waals surface area contributed by atoms with Crippen molar-refractivity contribution in [3.8, 4) is 0 Å². The first-order valence-electron chi connectivity index (χ1n) is 2.98. The first-order valence-corrected chi connectivity index (χ1v) is 4.46. The summed E-state index contributed by atoms with van der Waals surface area (Å²) in [5.41, 5.74) is 0. The lowest BCUT2D eigenvalue weighted by Crippen LogP contribution is -2.41. The van der Waals surface area contributed by atoms with Gasteiger partial charge in [-0.3, -0.25) is 0 Å². The van der Waals surface area contributed by atoms with Crippen LogP contribution in [0.4, 0.5) is 4.79 Å². The van der Waals surface area contributed by atoms with Gasteiger partial charge in [-0.15, -0.1) is 0 Å². The molecular formula is C4H10N2O5S. The SMILES string of the molecule is COC(=O)NS(=O)(=O)NCCO. The Hall–Kier alpha value is -0.860. The molecule has 1 amide bonds. The number of hydrogen-bond acceptors (Lipinski definition) is 5. The summed E-state index contributed by atoms with van der Waals surface area (Å²) in [6, 6.07) is 0. The minimum atomic E-state index is -3.89. The zero-order valence-electron chi connectivity index (χ0n) is 6.40. The van der Waals surface area contributed by atoms with Crippen molar-refractivity contribution in [3.63, 3.8) is 0 Å². The Kier molecular flexibility index (Phi) is 4.55. The topological polar surface area (TPSA) is 105 Å². The first-order chi connectivity index (χ1) is 5.52. The van der Waals surface area contributed by atoms with Gasteiger partial charge in [-0.2, -0.15) is 13.1 Å². The van der Waals surface area contributed by atoms with Gasteiger partial charge < -0.3 is 9.84 Å². The van der Waals surface area contributed by atoms with Crippen LogP contribution in [0.25, 0.3) is 0 Å². The smallest absolute Gasteiger partial charge is 0.421 e. The largest absolute Gasteiger partial charge is 0.452 e. The molecule has 0 aliphatic heterocycles. The van der Waals surface area contributed by atoms with E-state index in [0.717, 1.165) is 7.11 Å². The van der Waals surface area contributed by atoms with Gasteiger partial charge in [-0.05, 0) is 0 Å². The Morgan fingerprint density at radius 3 is 2.58 bits per heavy atom. The highest BCUT2D eigenvalue weighted by atomic mass is 32.2. The van der Waals surface area contributed by atoms with Crippen LogP contribution >= 0.6 is 0 Å². The molecule has 0 bridgehead atoms. The van der Waals surface area contributed by atoms with Crippen molar-refractivity contribution >= 4 is 16.3 Å². The van der Waals surface area contributed by atoms with Crippen molar-refractivity contribution in [2.75, 3.05) is 20.3 Å². The average Bonchev–Trinajstić information content (AvgIpc) is 2.00. The number of carbonyl (C=O) groups excluding carboxylic acids is 1. The molecule has 0 aromatic rings. The average molecular weight is 198 g/mol. The maximum Gasteiger partial charge on any atom is 0.421 e. The van der Waals surface area contributed by atoms with E-state index in [2.05, 4.69) is 4.74 Å². The maximum absolute atomic E-state index is 10.7. The Morgan fingerprint density at radius 1 is 1.58 bits per heavy atom. The highest BCUT2D eigenvalue weighted by Gasteiger charge is 2.12. The van der Waals surface area contributed by atoms with Crippen LogP contribution in [0.2, 0.25) is 0 Å². The third-order valence-corrected chi connectivity index (χ3v) is 1.83. The zero-order valence-corrected chi connectivity index (χ0v) is 7.22. The van der Waals surface area contributed by atoms with E-state index >= 15 is 0 Å². The maximum atomic E-state index is 10.7. The molecule has 0 atom stereocenters. The molecule has 0 spiro atoms. The van der Waals surface area contributed by atoms with E-state index in [9.17, 15) is 13.2 Å². The van der Waals surface area contributed by atoms with E-state index in [1.54, 1.807) is 0 Å². The first kappa shape index (κ1) is 11.1. The van der Waals surface area contributed by atoms with Crippen molar-refractivity contribution in [3.05, 3.63) is 0 Å². The number of amides is 1. The standard InChI is InChI=1S/C4H10N2O5S/c1-11-4(8)6-12(9,10)5-2-3-7/h5,7H,2-3H2,1H3,(H,6,8). The van der Waals surface area contributed by atoms with Crippen LogP contribution in [-0.2, 0) is 14.9 Å². The van der Waals surface area contributed by atoms with Crippen molar-refractivity contribution in [1.82, 2.24) is 9.44 Å². The Labute approximate surface area is 69.9 Å². The quantitative estimate of drug-likeness (QED) is 0.492. The van der Waals surface area contributed by atoms with Crippen LogP contribution in [0.3, 0.4) is 0 Å². The lowest BCUT2D eigenvalue weighted by Gasteiger charge is -2.04. The van der Waals surface area contributed by atoms with E-state index in [4.69, 9.17) is 5.11 Å². The molecule has 0 aromatic heterocycles. The second kappa shape index (κ2) is 4.91. The van der Waals surface area contributed by atoms with Gasteiger partial charge in [0.15, 0.2) is 0 Å². The third-order valence-electron chi connectivity index (χ3n) is 0.807. The summed E-state index contributed by atoms with van der Waals surface area (Å²) in [4.78, 5) is 10.4. The zero-order chi connectivity index (χ0) is 9.61. The number of aliphatic hydroxyl groups is 1. The molecule has 0 fully saturated rings. The van der Waals surface area contributed by atoms with Gasteiger partial charge in [0, 0.05) is 6.54 Å². The highest BCUT2D eigenvalue weighted by Crippen LogP contribution is 1.78. The molecule has 0 heterocycles. The fourth-order valence-corrected chi connectivity index (χ4v) is 1.10. The van der Waals surface area contributed by atoms with Gasteiger partial charge in [0.2, 0.25) is 0 Å². The van der Waals surface area contributed by atoms with E-state index in [1.807, 2.05) is 4.72 Å². The van der Waals surface area contributed by atoms with Crippen molar-refractivity contribution in [1.29, 1.82) is 0 Å². The Morgan fingerprint density at radius 2 is 2.17 bits per heavy atom. The molecule has 12 heavy (non-hydrogen) atoms. The Balaban J connectivity index is 3.96. The van der Waals surface area contributed by atoms with Crippen LogP contribution in [0.15, 0.2) is 0 Å². The second-order valence-corrected chi connectivity index (χ2v) is 3.21. The molecule has 0 aromatic carbocycles. The minimum Gasteiger partial charge on any atom is -0.452 e. The number of carbonyl (C=O) groups is 1. The molecule has 0 rings (SSSR count). The molecule has 7 nitrogen and oxygen atoms in total. The fraction of sp³-hybridized carbons (Fsp3) is 0.750. The summed E-state index contributed by atoms with van der Waals surface area (Å²) in [7, 11) is -2.85. The summed E-state index contributed by atoms with van der Waals surface area (Å²) in [5, 5.41) is 8.25. The van der Waals surface area contributed by atoms with E-state index in [0.29, 0.717) is 0 Å². The predicted octanol–water partition coefficient (Wildman–Crippen LogP) is -1.83. The minimum absolute atomic E-state index is 0.160. The third kappa shape index (κ3) is 4.88. The monoisotopic (exact) mass is 198 g/mol. The van der Waals surface area contributed by atoms with Crippen molar-refractivity contribution < 1.29 is 23.1 Å². The summed E-state index contributed by atoms with van der Waals surface area (Å²) >= 11 is 0. The van der Waals surface area contributed by atoms with E-state index < -0.39 is 16.3 Å². The van der Waals surface area contributed by atoms with Crippen LogP contribution in [-0.4, -0.2) is 39.9 Å². The number of nitrogens with one attached hydrogen (secondary N) is 2. The number of hydrogen-bond donors (Lipinski definition) is 3. The molecule has 0 aliphatic rings. The molecule has 0 radical (unpaired) electrons. The summed E-state index contributed by atoms with van der Waals surface area (Å²) < 4.78 is 28.9. The van der Waals surface area contributed by atoms with Gasteiger partial charge in [-0.25, -0.2) is 9.52 Å². The van der Waals surface area contributed by atoms with Gasteiger partial charge in [0.25, 0.3) is 0 Å². The molecule has 0 aliphatic carbocycles. The molecule has 0 saturated carbocycles. The molecule has 72 valence electrons. The predicted molar refractivity (Wildman–Crippen MR) is 39.5 cm³/mol. The van der Waals surface area contributed by atoms with Crippen LogP contribution < -0.4 is 9.44 Å². The highest BCUT2D eigenvalue weighted by molar-refractivity contribution is 7.88. The fourth-order valence-electron chi connectivity index (χ4n) is 0.367. The molecule has 3 N–H and O–H groups in total. The van der Waals surface area contributed by atoms with Crippen LogP contribution in [0, 0.1) is 0 Å². The molecule has 0 unspecified atom stereocenters. The summed E-state index contributed by atoms with van der Waals surface area (Å²) in [6.45, 7) is -0.506. The lowest BCUT2D eigenvalue weighted by molar-refractivity contribution is 0.177. The molecule has 8 heteroatoms. The van der Waals surface area contributed by atoms with Crippen molar-refractivity contribution in [2.24, 2.45) is 0 Å². The summed E-state index contributed by atoms with van der Waals surface area (Å²) in [6.07, 6.45) is -1.08.